The van der Waals surface area contributed by atoms with Crippen LogP contribution in [-0.2, 0) is 100 Å². The summed E-state index contributed by atoms with van der Waals surface area (Å²) < 4.78 is 465. The number of pyridine rings is 1. The highest BCUT2D eigenvalue weighted by Gasteiger charge is 2.44. The first kappa shape index (κ1) is 112. The van der Waals surface area contributed by atoms with Crippen molar-refractivity contribution < 1.29 is 177 Å². The van der Waals surface area contributed by atoms with Crippen molar-refractivity contribution >= 4 is 119 Å². The van der Waals surface area contributed by atoms with Gasteiger partial charge in [-0.1, -0.05) is 69.2 Å². The molecule has 9 aromatic carbocycles. The molecule has 0 radical (unpaired) electrons. The number of rotatable bonds is 7. The number of aryl methyl sites for hydroxylation is 17. The number of aromatic nitrogens is 13. The number of nitrogens with zero attached hydrogens (tertiary/aromatic N) is 13. The van der Waals surface area contributed by atoms with Crippen molar-refractivity contribution in [2.75, 3.05) is 0 Å². The number of alkyl halides is 3. The Morgan fingerprint density at radius 2 is 0.483 bits per heavy atom. The smallest absolute Gasteiger partial charge is 0.237 e. The van der Waals surface area contributed by atoms with Crippen LogP contribution in [0.25, 0.3) is 108 Å². The highest BCUT2D eigenvalue weighted by Crippen LogP contribution is 2.45. The second-order valence-corrected chi connectivity index (χ2v) is 34.0. The van der Waals surface area contributed by atoms with Crippen molar-refractivity contribution in [3.8, 4) is 0 Å². The lowest BCUT2D eigenvalue weighted by molar-refractivity contribution is -0.736. The third kappa shape index (κ3) is 18.4. The zero-order valence-corrected chi connectivity index (χ0v) is 81.5. The SMILES string of the molecule is CCc1c(C)c(C(F)(F)F)c2c(F)c(F)c(F)c(C)c2[n+]1C.CCc1c(C)nc2c(F)c(F)c(F)c(C)c2[n+]1C.CCc1c2c(F)c(F)c(F)c(F)c2c(C)n[n+]1C.CCc1c2c(F)c(F)c(F)c(F)c2nc(C)[n+]1C.CCc1c2c(F)c3c(F)c(F)c(F)c(F)c3c(F)c2c(C)n[n+]1C.CCc1c2c(F)c3c(F)c(F)c(F)c(F)c3c(F)c2nc(C)[n+]1C.CCc1c2c(F)c3c(F)c(F)sc3c(F)c2nc(C)[n+]1C. The second kappa shape index (κ2) is 42.0. The van der Waals surface area contributed by atoms with Crippen LogP contribution in [0.1, 0.15) is 145 Å². The Labute approximate surface area is 804 Å². The molecular weight excluding hydrogens is 2020 g/mol. The van der Waals surface area contributed by atoms with Gasteiger partial charge in [0.15, 0.2) is 165 Å². The fraction of sp³-hybridized carbons (Fsp3) is 0.316. The predicted octanol–water partition coefficient (Wildman–Crippen LogP) is 23.4. The standard InChI is InChI=1S/2C16H11F6N2.C15H14F6N.C14H11F4N2S.C13H14F3N2.2C12H11F4N2/c1-4-6-7-10(17)8-9(12(19)15(22)14(21)11(8)18)13(20)16(7)23-5(2)24(6)3;1-4-6-8-7(5(2)23-24(6)3)11(17)9-10(12(8)18)14(20)16(22)15(21)13(9)19;1-5-8-6(2)10(15(19,20)21)9-12(17)13(18)11(16)7(3)14(9)22(8)4;1-4-6-7-9(15)8-10(16)14(18)21-13(8)11(17)12(7)19-5(2)20(6)3;1-5-8-7(3)17-12-11(16)10(15)9(14)6(2)13(12)18(8)4;1-4-6-7-8(13)9(14)10(15)11(16)12(7)17-5(2)18(6)3;1-4-6-8-7(5(2)17-18(6)3)9(13)11(15)12(16)10(8)14/h2*4H2,1-3H3;5H2,1-4H3;4H2,1-3H3;5H2,1-4H3;2*4H2,1-3H3/q7*+1. The van der Waals surface area contributed by atoms with Gasteiger partial charge in [-0.2, -0.15) is 31.1 Å². The van der Waals surface area contributed by atoms with Crippen molar-refractivity contribution in [2.45, 2.75) is 162 Å². The van der Waals surface area contributed by atoms with E-state index in [0.29, 0.717) is 71.4 Å². The molecule has 47 heteroatoms. The highest BCUT2D eigenvalue weighted by molar-refractivity contribution is 7.17. The van der Waals surface area contributed by atoms with Crippen LogP contribution in [-0.4, -0.2) is 30.1 Å². The summed E-state index contributed by atoms with van der Waals surface area (Å²) in [5.74, 6) is -46.1. The van der Waals surface area contributed by atoms with Crippen LogP contribution in [0.5, 0.6) is 0 Å². The van der Waals surface area contributed by atoms with E-state index < -0.39 is 229 Å². The van der Waals surface area contributed by atoms with E-state index in [0.717, 1.165) is 12.6 Å². The molecule has 17 rings (SSSR count). The van der Waals surface area contributed by atoms with Gasteiger partial charge in [-0.3, -0.25) is 0 Å². The van der Waals surface area contributed by atoms with E-state index in [9.17, 15) is 145 Å². The Bertz CT molecular complexity index is 8370. The van der Waals surface area contributed by atoms with Gasteiger partial charge in [-0.25, -0.2) is 142 Å². The minimum atomic E-state index is -4.88. The van der Waals surface area contributed by atoms with Crippen molar-refractivity contribution in [3.05, 3.63) is 270 Å². The van der Waals surface area contributed by atoms with Crippen LogP contribution in [0.2, 0.25) is 0 Å². The van der Waals surface area contributed by atoms with Crippen LogP contribution in [0.15, 0.2) is 0 Å². The fourth-order valence-corrected chi connectivity index (χ4v) is 18.8. The molecule has 8 heterocycles. The molecule has 0 aliphatic rings. The topological polar surface area (TPSA) is 104 Å². The lowest BCUT2D eigenvalue weighted by atomic mass is 9.96. The van der Waals surface area contributed by atoms with Gasteiger partial charge in [0.1, 0.15) is 81.9 Å². The van der Waals surface area contributed by atoms with Crippen molar-refractivity contribution in [3.63, 3.8) is 0 Å². The van der Waals surface area contributed by atoms with Crippen molar-refractivity contribution in [1.29, 1.82) is 0 Å². The molecular formula is C98H83F33N13S+7. The minimum Gasteiger partial charge on any atom is -0.237 e. The molecule has 0 fully saturated rings. The molecule has 0 unspecified atom stereocenters. The Hall–Kier alpha value is -13.4. The zero-order chi connectivity index (χ0) is 109. The van der Waals surface area contributed by atoms with Gasteiger partial charge >= 0.3 is 6.18 Å². The first-order valence-corrected chi connectivity index (χ1v) is 44.3. The molecule has 0 aliphatic carbocycles. The predicted molar refractivity (Wildman–Crippen MR) is 465 cm³/mol. The van der Waals surface area contributed by atoms with Crippen LogP contribution in [0, 0.1) is 236 Å². The molecule has 0 saturated carbocycles. The maximum atomic E-state index is 14.9. The quantitative estimate of drug-likeness (QED) is 0.0518. The molecule has 0 amide bonds. The van der Waals surface area contributed by atoms with E-state index in [4.69, 9.17) is 0 Å². The Kier molecular flexibility index (Phi) is 32.4. The van der Waals surface area contributed by atoms with Crippen LogP contribution < -0.4 is 32.2 Å². The molecule has 0 bridgehead atoms. The third-order valence-electron chi connectivity index (χ3n) is 25.1. The number of thiophene rings is 1. The largest absolute Gasteiger partial charge is 0.417 e. The molecule has 0 aliphatic heterocycles. The summed E-state index contributed by atoms with van der Waals surface area (Å²) in [6, 6.07) is 0. The maximum absolute atomic E-state index is 14.9. The number of hydrogen-bond acceptors (Lipinski definition) is 7. The van der Waals surface area contributed by atoms with Crippen LogP contribution in [0.4, 0.5) is 145 Å². The monoisotopic (exact) mass is 2100 g/mol. The molecule has 0 N–H and O–H groups in total. The molecule has 13 nitrogen and oxygen atoms in total. The van der Waals surface area contributed by atoms with Gasteiger partial charge in [0.05, 0.1) is 96.4 Å². The number of halogens is 33. The minimum absolute atomic E-state index is 0.00698. The van der Waals surface area contributed by atoms with E-state index in [-0.39, 0.29) is 135 Å². The maximum Gasteiger partial charge on any atom is 0.417 e. The molecule has 17 aromatic rings. The summed E-state index contributed by atoms with van der Waals surface area (Å²) in [4.78, 5) is 15.8. The van der Waals surface area contributed by atoms with Gasteiger partial charge in [-0.05, 0) is 66.7 Å². The van der Waals surface area contributed by atoms with E-state index in [1.165, 1.54) is 71.8 Å². The molecule has 0 atom stereocenters. The lowest BCUT2D eigenvalue weighted by Gasteiger charge is -2.17. The summed E-state index contributed by atoms with van der Waals surface area (Å²) in [6.07, 6.45) is -2.45. The Morgan fingerprint density at radius 1 is 0.214 bits per heavy atom. The van der Waals surface area contributed by atoms with E-state index in [2.05, 4.69) is 30.1 Å². The first-order valence-electron chi connectivity index (χ1n) is 43.5. The van der Waals surface area contributed by atoms with E-state index in [1.807, 2.05) is 6.92 Å². The lowest BCUT2D eigenvalue weighted by Crippen LogP contribution is -2.39. The summed E-state index contributed by atoms with van der Waals surface area (Å²) in [5, 5.41) is -1.96. The average molecular weight is 2100 g/mol. The van der Waals surface area contributed by atoms with E-state index >= 15 is 0 Å². The highest BCUT2D eigenvalue weighted by atomic mass is 32.1. The Morgan fingerprint density at radius 3 is 0.869 bits per heavy atom. The first-order chi connectivity index (χ1) is 67.5. The van der Waals surface area contributed by atoms with Gasteiger partial charge in [0.25, 0.3) is 17.5 Å². The van der Waals surface area contributed by atoms with Gasteiger partial charge in [-0.15, -0.1) is 0 Å². The number of fused-ring (bicyclic) bond motifs is 10. The van der Waals surface area contributed by atoms with Crippen molar-refractivity contribution in [2.24, 2.45) is 49.3 Å². The summed E-state index contributed by atoms with van der Waals surface area (Å²) in [6.45, 7) is 25.1. The van der Waals surface area contributed by atoms with Crippen LogP contribution in [0.3, 0.4) is 0 Å². The Balaban J connectivity index is 0.000000162. The van der Waals surface area contributed by atoms with E-state index in [1.54, 1.807) is 107 Å². The average Bonchev–Trinajstić information content (AvgIpc) is 1.26. The molecule has 0 spiro atoms. The summed E-state index contributed by atoms with van der Waals surface area (Å²) >= 11 is 0.254. The number of hydrogen-bond donors (Lipinski definition) is 0. The summed E-state index contributed by atoms with van der Waals surface area (Å²) in [7, 11) is 11.0. The van der Waals surface area contributed by atoms with Gasteiger partial charge < -0.3 is 0 Å². The van der Waals surface area contributed by atoms with Gasteiger partial charge in [0.2, 0.25) is 61.4 Å². The van der Waals surface area contributed by atoms with Crippen molar-refractivity contribution in [1.82, 2.24) is 30.1 Å². The van der Waals surface area contributed by atoms with Gasteiger partial charge in [0, 0.05) is 71.3 Å². The normalized spacial score (nSPS) is 11.6. The summed E-state index contributed by atoms with van der Waals surface area (Å²) in [5.41, 5.74) is 0.498. The molecule has 8 aromatic heterocycles. The molecule has 0 saturated heterocycles. The second-order valence-electron chi connectivity index (χ2n) is 33.0. The molecule has 145 heavy (non-hydrogen) atoms. The number of benzene rings is 9. The fourth-order valence-electron chi connectivity index (χ4n) is 18.0. The zero-order valence-electron chi connectivity index (χ0n) is 80.6. The molecule has 770 valence electrons. The van der Waals surface area contributed by atoms with Crippen LogP contribution >= 0.6 is 11.3 Å². The third-order valence-corrected chi connectivity index (χ3v) is 26.0.